The summed E-state index contributed by atoms with van der Waals surface area (Å²) >= 11 is 0. The summed E-state index contributed by atoms with van der Waals surface area (Å²) in [5.41, 5.74) is 3.43. The molecule has 2 aliphatic rings. The van der Waals surface area contributed by atoms with E-state index >= 15 is 0 Å². The van der Waals surface area contributed by atoms with E-state index in [4.69, 9.17) is 24.9 Å². The lowest BCUT2D eigenvalue weighted by Crippen LogP contribution is -1.98. The molecule has 9 rings (SSSR count). The summed E-state index contributed by atoms with van der Waals surface area (Å²) in [7, 11) is -9.19. The molecule has 0 unspecified atom stereocenters. The highest BCUT2D eigenvalue weighted by Gasteiger charge is 2.24. The minimum Gasteiger partial charge on any atom is -0.324 e. The Morgan fingerprint density at radius 1 is 0.417 bits per heavy atom. The molecule has 48 heavy (non-hydrogen) atoms. The topological polar surface area (TPSA) is 218 Å². The van der Waals surface area contributed by atoms with Crippen LogP contribution in [0.2, 0.25) is 0 Å². The maximum absolute atomic E-state index is 12.1. The molecule has 4 N–H and O–H groups in total. The lowest BCUT2D eigenvalue weighted by molar-refractivity contribution is 0.481. The zero-order valence-corrected chi connectivity index (χ0v) is 25.7. The number of fused-ring (bicyclic) bond motifs is 20. The number of rotatable bonds is 2. The molecule has 234 valence electrons. The summed E-state index contributed by atoms with van der Waals surface area (Å²) in [6.07, 6.45) is 0. The van der Waals surface area contributed by atoms with Crippen molar-refractivity contribution in [3.63, 3.8) is 0 Å². The number of aromatic amines is 2. The van der Waals surface area contributed by atoms with Gasteiger partial charge in [-0.3, -0.25) is 9.11 Å². The second kappa shape index (κ2) is 9.79. The van der Waals surface area contributed by atoms with Gasteiger partial charge in [-0.05, 0) is 36.4 Å². The molecule has 3 aromatic heterocycles. The average molecular weight is 675 g/mol. The molecule has 14 nitrogen and oxygen atoms in total. The number of nitrogens with zero attached hydrogens (tertiary/aromatic N) is 6. The highest BCUT2D eigenvalue weighted by molar-refractivity contribution is 7.86. The number of benzene rings is 4. The van der Waals surface area contributed by atoms with Gasteiger partial charge in [0.1, 0.15) is 22.6 Å². The first-order valence-electron chi connectivity index (χ1n) is 14.3. The van der Waals surface area contributed by atoms with Crippen molar-refractivity contribution in [3.8, 4) is 45.6 Å². The second-order valence-corrected chi connectivity index (χ2v) is 13.9. The molecule has 0 saturated heterocycles. The van der Waals surface area contributed by atoms with E-state index < -0.39 is 20.2 Å². The Hall–Kier alpha value is -5.94. The van der Waals surface area contributed by atoms with Crippen molar-refractivity contribution in [1.29, 1.82) is 0 Å². The van der Waals surface area contributed by atoms with E-state index in [0.29, 0.717) is 39.5 Å². The van der Waals surface area contributed by atoms with Gasteiger partial charge in [-0.2, -0.15) is 16.8 Å². The van der Waals surface area contributed by atoms with Gasteiger partial charge >= 0.3 is 0 Å². The van der Waals surface area contributed by atoms with Crippen molar-refractivity contribution < 1.29 is 25.9 Å². The van der Waals surface area contributed by atoms with Gasteiger partial charge in [0.15, 0.2) is 23.3 Å². The second-order valence-electron chi connectivity index (χ2n) is 11.1. The lowest BCUT2D eigenvalue weighted by atomic mass is 10.1. The zero-order valence-electron chi connectivity index (χ0n) is 24.1. The fraction of sp³-hybridized carbons (Fsp3) is 0. The van der Waals surface area contributed by atoms with E-state index in [2.05, 4.69) is 15.0 Å². The first-order chi connectivity index (χ1) is 23.0. The molecule has 0 saturated carbocycles. The molecule has 16 heteroatoms. The van der Waals surface area contributed by atoms with Crippen LogP contribution in [-0.4, -0.2) is 65.8 Å². The molecule has 0 spiro atoms. The fourth-order valence-corrected chi connectivity index (χ4v) is 6.99. The van der Waals surface area contributed by atoms with Gasteiger partial charge in [-0.1, -0.05) is 48.5 Å². The third-order valence-electron chi connectivity index (χ3n) is 8.18. The van der Waals surface area contributed by atoms with Gasteiger partial charge in [0.25, 0.3) is 20.2 Å². The third-order valence-corrected chi connectivity index (χ3v) is 9.88. The molecular weight excluding hydrogens is 657 g/mol. The van der Waals surface area contributed by atoms with E-state index in [-0.39, 0.29) is 43.7 Å². The Bertz CT molecular complexity index is 2980. The van der Waals surface area contributed by atoms with Crippen LogP contribution in [0.1, 0.15) is 0 Å². The molecule has 0 atom stereocenters. The molecule has 8 bridgehead atoms. The van der Waals surface area contributed by atoms with Crippen molar-refractivity contribution >= 4 is 64.4 Å². The van der Waals surface area contributed by atoms with Crippen LogP contribution < -0.4 is 0 Å². The first kappa shape index (κ1) is 28.3. The summed E-state index contributed by atoms with van der Waals surface area (Å²) in [5, 5.41) is 2.24. The first-order valence-corrected chi connectivity index (χ1v) is 17.1. The molecule has 2 aliphatic heterocycles. The summed E-state index contributed by atoms with van der Waals surface area (Å²) in [6.45, 7) is 0. The highest BCUT2D eigenvalue weighted by Crippen LogP contribution is 2.38. The Morgan fingerprint density at radius 2 is 0.812 bits per heavy atom. The molecule has 0 fully saturated rings. The fourth-order valence-electron chi connectivity index (χ4n) is 5.97. The molecule has 4 aromatic carbocycles. The number of H-pyrrole nitrogens is 2. The van der Waals surface area contributed by atoms with Crippen molar-refractivity contribution in [2.24, 2.45) is 0 Å². The van der Waals surface area contributed by atoms with Crippen LogP contribution >= 0.6 is 0 Å². The minimum absolute atomic E-state index is 0.0215. The van der Waals surface area contributed by atoms with Gasteiger partial charge < -0.3 is 9.97 Å². The molecule has 0 aliphatic carbocycles. The molecule has 0 radical (unpaired) electrons. The van der Waals surface area contributed by atoms with Crippen molar-refractivity contribution in [2.75, 3.05) is 0 Å². The molecule has 5 heterocycles. The van der Waals surface area contributed by atoms with E-state index in [1.165, 1.54) is 36.4 Å². The van der Waals surface area contributed by atoms with Crippen molar-refractivity contribution in [3.05, 3.63) is 84.9 Å². The molecular formula is C32H18N8O6S2. The normalized spacial score (nSPS) is 12.7. The van der Waals surface area contributed by atoms with E-state index in [1.54, 1.807) is 0 Å². The van der Waals surface area contributed by atoms with Crippen LogP contribution in [0.4, 0.5) is 0 Å². The Labute approximate surface area is 269 Å². The van der Waals surface area contributed by atoms with Crippen LogP contribution in [0.25, 0.3) is 89.7 Å². The predicted octanol–water partition coefficient (Wildman–Crippen LogP) is 5.36. The largest absolute Gasteiger partial charge is 0.324 e. The Morgan fingerprint density at radius 3 is 1.33 bits per heavy atom. The molecule has 0 amide bonds. The monoisotopic (exact) mass is 674 g/mol. The third kappa shape index (κ3) is 4.39. The van der Waals surface area contributed by atoms with Gasteiger partial charge in [0, 0.05) is 43.8 Å². The summed E-state index contributed by atoms with van der Waals surface area (Å²) < 4.78 is 68.1. The zero-order chi connectivity index (χ0) is 32.9. The Kier molecular flexibility index (Phi) is 5.77. The van der Waals surface area contributed by atoms with Gasteiger partial charge in [0.2, 0.25) is 0 Å². The van der Waals surface area contributed by atoms with Crippen molar-refractivity contribution in [2.45, 2.75) is 9.79 Å². The number of hydrogen-bond donors (Lipinski definition) is 4. The van der Waals surface area contributed by atoms with Crippen LogP contribution in [0.3, 0.4) is 0 Å². The van der Waals surface area contributed by atoms with Crippen molar-refractivity contribution in [1.82, 2.24) is 39.9 Å². The molecule has 7 aromatic rings. The summed E-state index contributed by atoms with van der Waals surface area (Å²) in [4.78, 5) is 34.4. The van der Waals surface area contributed by atoms with Gasteiger partial charge in [-0.15, -0.1) is 0 Å². The van der Waals surface area contributed by atoms with Crippen LogP contribution in [0.5, 0.6) is 0 Å². The standard InChI is InChI=1S/C32H18N8O6S2/c41-47(42,43)15-9-11-21-23(13-15)31-38-29(21)36-27-19-7-3-1-5-17(19)25(34-27)33-26-18-6-2-4-8-20(18)28(35-26)37-30-22-12-10-16(48(44,45)46)14-24(22)32(39-30)40-31/h1-14H,(H,41,42,43)(H,44,45,46)(H2,33,34,35,36,37,38,39,40). The maximum Gasteiger partial charge on any atom is 0.294 e. The average Bonchev–Trinajstić information content (AvgIpc) is 3.79. The maximum atomic E-state index is 12.1. The SMILES string of the molecule is O=S(=O)(O)c1ccc2c(c1)-c1nc-2nc2[nH]c(nc3nc(nc4[nH]c(n1)c1cc(S(=O)(=O)O)ccc41)-c1ccccc1-3)c1ccccc21. The van der Waals surface area contributed by atoms with Gasteiger partial charge in [0.05, 0.1) is 9.79 Å². The summed E-state index contributed by atoms with van der Waals surface area (Å²) in [6, 6.07) is 22.9. The van der Waals surface area contributed by atoms with E-state index in [1.807, 2.05) is 48.5 Å². The minimum atomic E-state index is -4.60. The number of aromatic nitrogens is 8. The Balaban J connectivity index is 1.49. The smallest absolute Gasteiger partial charge is 0.294 e. The summed E-state index contributed by atoms with van der Waals surface area (Å²) in [5.74, 6) is 0.951. The predicted molar refractivity (Wildman–Crippen MR) is 176 cm³/mol. The number of nitrogens with one attached hydrogen (secondary N) is 2. The number of hydrogen-bond acceptors (Lipinski definition) is 10. The van der Waals surface area contributed by atoms with Crippen LogP contribution in [-0.2, 0) is 20.2 Å². The van der Waals surface area contributed by atoms with Crippen LogP contribution in [0, 0.1) is 0 Å². The highest BCUT2D eigenvalue weighted by atomic mass is 32.2. The lowest BCUT2D eigenvalue weighted by Gasteiger charge is -2.01. The van der Waals surface area contributed by atoms with Crippen LogP contribution in [0.15, 0.2) is 94.7 Å². The van der Waals surface area contributed by atoms with E-state index in [9.17, 15) is 25.9 Å². The van der Waals surface area contributed by atoms with E-state index in [0.717, 1.165) is 16.3 Å². The van der Waals surface area contributed by atoms with Gasteiger partial charge in [-0.25, -0.2) is 29.9 Å². The quantitative estimate of drug-likeness (QED) is 0.170.